The maximum Gasteiger partial charge on any atom is 0.341 e. The molecule has 6 nitrogen and oxygen atoms in total. The van der Waals surface area contributed by atoms with Crippen molar-refractivity contribution in [1.29, 1.82) is 0 Å². The first-order valence-corrected chi connectivity index (χ1v) is 10.7. The molecule has 0 unspecified atom stereocenters. The Morgan fingerprint density at radius 1 is 1.10 bits per heavy atom. The molecular weight excluding hydrogens is 388 g/mol. The van der Waals surface area contributed by atoms with Crippen molar-refractivity contribution in [1.82, 2.24) is 14.9 Å². The molecule has 6 heteroatoms. The van der Waals surface area contributed by atoms with Crippen LogP contribution in [0.2, 0.25) is 0 Å². The second-order valence-corrected chi connectivity index (χ2v) is 8.11. The number of likely N-dealkylation sites (tertiary alicyclic amines) is 1. The molecule has 3 aromatic rings. The molecule has 1 aliphatic rings. The Bertz CT molecular complexity index is 1020. The van der Waals surface area contributed by atoms with E-state index in [4.69, 9.17) is 4.74 Å². The summed E-state index contributed by atoms with van der Waals surface area (Å²) < 4.78 is 5.40. The molecule has 0 spiro atoms. The fourth-order valence-electron chi connectivity index (χ4n) is 3.77. The average molecular weight is 417 g/mol. The lowest BCUT2D eigenvalue weighted by atomic mass is 10.1. The third kappa shape index (κ3) is 5.67. The van der Waals surface area contributed by atoms with Gasteiger partial charge in [0.05, 0.1) is 11.3 Å². The standard InChI is InChI=1S/C25H28N4O2/c1-18-8-10-20(11-9-18)15-29-13-12-22(16-29)28-25-26-14-23(19(2)27-25)24(30)31-17-21-6-4-3-5-7-21/h3-11,14,22H,12-13,15-17H2,1-2H3,(H,26,27,28)/t22-/m1/s1. The minimum Gasteiger partial charge on any atom is -0.457 e. The topological polar surface area (TPSA) is 67.4 Å². The molecule has 31 heavy (non-hydrogen) atoms. The van der Waals surface area contributed by atoms with E-state index in [2.05, 4.69) is 51.4 Å². The highest BCUT2D eigenvalue weighted by molar-refractivity contribution is 5.90. The Kier molecular flexibility index (Phi) is 6.57. The van der Waals surface area contributed by atoms with Gasteiger partial charge in [-0.2, -0.15) is 0 Å². The molecule has 1 fully saturated rings. The van der Waals surface area contributed by atoms with Gasteiger partial charge >= 0.3 is 5.97 Å². The third-order valence-electron chi connectivity index (χ3n) is 5.54. The summed E-state index contributed by atoms with van der Waals surface area (Å²) in [5, 5.41) is 3.41. The maximum atomic E-state index is 12.4. The number of carbonyl (C=O) groups excluding carboxylic acids is 1. The van der Waals surface area contributed by atoms with Crippen molar-refractivity contribution in [3.05, 3.63) is 88.7 Å². The van der Waals surface area contributed by atoms with Crippen molar-refractivity contribution in [2.45, 2.75) is 39.5 Å². The Balaban J connectivity index is 1.30. The van der Waals surface area contributed by atoms with Crippen LogP contribution >= 0.6 is 0 Å². The van der Waals surface area contributed by atoms with E-state index in [1.165, 1.54) is 11.1 Å². The van der Waals surface area contributed by atoms with Gasteiger partial charge in [-0.3, -0.25) is 4.90 Å². The van der Waals surface area contributed by atoms with Gasteiger partial charge in [0.25, 0.3) is 0 Å². The number of nitrogens with zero attached hydrogens (tertiary/aromatic N) is 3. The minimum atomic E-state index is -0.405. The fraction of sp³-hybridized carbons (Fsp3) is 0.320. The van der Waals surface area contributed by atoms with Crippen LogP contribution in [0.25, 0.3) is 0 Å². The monoisotopic (exact) mass is 416 g/mol. The lowest BCUT2D eigenvalue weighted by Crippen LogP contribution is -2.27. The van der Waals surface area contributed by atoms with Crippen molar-refractivity contribution >= 4 is 11.9 Å². The maximum absolute atomic E-state index is 12.4. The van der Waals surface area contributed by atoms with Crippen LogP contribution in [-0.4, -0.2) is 40.0 Å². The lowest BCUT2D eigenvalue weighted by molar-refractivity contribution is 0.0471. The zero-order chi connectivity index (χ0) is 21.6. The summed E-state index contributed by atoms with van der Waals surface area (Å²) in [5.41, 5.74) is 4.57. The number of aryl methyl sites for hydroxylation is 2. The number of esters is 1. The quantitative estimate of drug-likeness (QED) is 0.584. The third-order valence-corrected chi connectivity index (χ3v) is 5.54. The van der Waals surface area contributed by atoms with Crippen LogP contribution in [0.15, 0.2) is 60.8 Å². The van der Waals surface area contributed by atoms with Crippen LogP contribution in [0.3, 0.4) is 0 Å². The average Bonchev–Trinajstić information content (AvgIpc) is 3.21. The van der Waals surface area contributed by atoms with Crippen LogP contribution in [0.1, 0.15) is 39.2 Å². The second kappa shape index (κ2) is 9.71. The Morgan fingerprint density at radius 2 is 1.87 bits per heavy atom. The van der Waals surface area contributed by atoms with Gasteiger partial charge in [-0.1, -0.05) is 60.2 Å². The molecule has 0 radical (unpaired) electrons. The number of benzene rings is 2. The summed E-state index contributed by atoms with van der Waals surface area (Å²) in [7, 11) is 0. The van der Waals surface area contributed by atoms with E-state index in [0.29, 0.717) is 23.2 Å². The van der Waals surface area contributed by atoms with E-state index in [0.717, 1.165) is 31.6 Å². The van der Waals surface area contributed by atoms with Crippen LogP contribution < -0.4 is 5.32 Å². The van der Waals surface area contributed by atoms with E-state index in [1.807, 2.05) is 37.3 Å². The Labute approximate surface area is 183 Å². The van der Waals surface area contributed by atoms with Gasteiger partial charge < -0.3 is 10.1 Å². The molecular formula is C25H28N4O2. The molecule has 2 aromatic carbocycles. The molecule has 0 amide bonds. The molecule has 0 aliphatic carbocycles. The molecule has 1 atom stereocenters. The number of ether oxygens (including phenoxy) is 1. The first-order chi connectivity index (χ1) is 15.1. The number of aromatic nitrogens is 2. The van der Waals surface area contributed by atoms with Gasteiger partial charge in [-0.05, 0) is 31.4 Å². The SMILES string of the molecule is Cc1ccc(CN2CC[C@@H](Nc3ncc(C(=O)OCc4ccccc4)c(C)n3)C2)cc1. The molecule has 1 aliphatic heterocycles. The van der Waals surface area contributed by atoms with E-state index < -0.39 is 5.97 Å². The minimum absolute atomic E-state index is 0.234. The Morgan fingerprint density at radius 3 is 2.61 bits per heavy atom. The number of rotatable bonds is 7. The Hall–Kier alpha value is -3.25. The number of anilines is 1. The molecule has 1 N–H and O–H groups in total. The summed E-state index contributed by atoms with van der Waals surface area (Å²) in [6, 6.07) is 18.6. The largest absolute Gasteiger partial charge is 0.457 e. The molecule has 4 rings (SSSR count). The van der Waals surface area contributed by atoms with Crippen LogP contribution in [0, 0.1) is 13.8 Å². The zero-order valence-corrected chi connectivity index (χ0v) is 18.0. The number of hydrogen-bond acceptors (Lipinski definition) is 6. The van der Waals surface area contributed by atoms with Crippen molar-refractivity contribution in [3.8, 4) is 0 Å². The predicted octanol–water partition coefficient (Wildman–Crippen LogP) is 4.14. The highest BCUT2D eigenvalue weighted by Gasteiger charge is 2.23. The van der Waals surface area contributed by atoms with Crippen molar-refractivity contribution in [2.24, 2.45) is 0 Å². The summed E-state index contributed by atoms with van der Waals surface area (Å²) >= 11 is 0. The van der Waals surface area contributed by atoms with Gasteiger partial charge in [0.15, 0.2) is 0 Å². The van der Waals surface area contributed by atoms with Crippen molar-refractivity contribution in [2.75, 3.05) is 18.4 Å². The van der Waals surface area contributed by atoms with E-state index in [-0.39, 0.29) is 6.61 Å². The van der Waals surface area contributed by atoms with Crippen LogP contribution in [0.4, 0.5) is 5.95 Å². The normalized spacial score (nSPS) is 16.3. The van der Waals surface area contributed by atoms with E-state index in [1.54, 1.807) is 6.20 Å². The summed E-state index contributed by atoms with van der Waals surface area (Å²) in [5.74, 6) is 0.150. The first kappa shape index (κ1) is 21.0. The van der Waals surface area contributed by atoms with Gasteiger partial charge in [0.2, 0.25) is 5.95 Å². The number of carbonyl (C=O) groups is 1. The van der Waals surface area contributed by atoms with E-state index in [9.17, 15) is 4.79 Å². The van der Waals surface area contributed by atoms with Gasteiger partial charge in [-0.25, -0.2) is 14.8 Å². The summed E-state index contributed by atoms with van der Waals surface area (Å²) in [6.45, 7) is 7.08. The summed E-state index contributed by atoms with van der Waals surface area (Å²) in [6.07, 6.45) is 2.59. The highest BCUT2D eigenvalue weighted by atomic mass is 16.5. The van der Waals surface area contributed by atoms with Gasteiger partial charge in [0.1, 0.15) is 6.61 Å². The lowest BCUT2D eigenvalue weighted by Gasteiger charge is -2.17. The number of hydrogen-bond donors (Lipinski definition) is 1. The summed E-state index contributed by atoms with van der Waals surface area (Å²) in [4.78, 5) is 23.7. The van der Waals surface area contributed by atoms with Crippen molar-refractivity contribution in [3.63, 3.8) is 0 Å². The molecule has 0 bridgehead atoms. The highest BCUT2D eigenvalue weighted by Crippen LogP contribution is 2.18. The number of nitrogens with one attached hydrogen (secondary N) is 1. The molecule has 1 aromatic heterocycles. The van der Waals surface area contributed by atoms with Gasteiger partial charge in [0, 0.05) is 31.9 Å². The second-order valence-electron chi connectivity index (χ2n) is 8.11. The first-order valence-electron chi connectivity index (χ1n) is 10.7. The zero-order valence-electron chi connectivity index (χ0n) is 18.0. The van der Waals surface area contributed by atoms with E-state index >= 15 is 0 Å². The fourth-order valence-corrected chi connectivity index (χ4v) is 3.77. The van der Waals surface area contributed by atoms with Crippen molar-refractivity contribution < 1.29 is 9.53 Å². The molecule has 2 heterocycles. The molecule has 0 saturated carbocycles. The smallest absolute Gasteiger partial charge is 0.341 e. The molecule has 160 valence electrons. The van der Waals surface area contributed by atoms with Gasteiger partial charge in [-0.15, -0.1) is 0 Å². The predicted molar refractivity (Wildman–Crippen MR) is 121 cm³/mol. The van der Waals surface area contributed by atoms with Crippen LogP contribution in [0.5, 0.6) is 0 Å². The molecule has 1 saturated heterocycles. The van der Waals surface area contributed by atoms with Crippen LogP contribution in [-0.2, 0) is 17.9 Å².